The maximum atomic E-state index is 2.36. The van der Waals surface area contributed by atoms with Gasteiger partial charge in [0.2, 0.25) is 0 Å². The second-order valence-corrected chi connectivity index (χ2v) is 13.3. The summed E-state index contributed by atoms with van der Waals surface area (Å²) in [7, 11) is 2.16. The summed E-state index contributed by atoms with van der Waals surface area (Å²) in [5, 5.41) is 5.17. The van der Waals surface area contributed by atoms with Crippen LogP contribution in [0.25, 0.3) is 33.2 Å². The first-order valence-corrected chi connectivity index (χ1v) is 18.1. The summed E-state index contributed by atoms with van der Waals surface area (Å²) in [6.07, 6.45) is 18.8. The molecular formula is C49H46N2. The summed E-state index contributed by atoms with van der Waals surface area (Å²) in [6.45, 7) is 6.59. The molecular weight excluding hydrogens is 617 g/mol. The highest BCUT2D eigenvalue weighted by Gasteiger charge is 2.15. The first-order chi connectivity index (χ1) is 25.0. The van der Waals surface area contributed by atoms with E-state index in [0.717, 1.165) is 36.3 Å². The number of para-hydroxylation sites is 1. The summed E-state index contributed by atoms with van der Waals surface area (Å²) in [6, 6.07) is 46.2. The highest BCUT2D eigenvalue weighted by molar-refractivity contribution is 6.12. The van der Waals surface area contributed by atoms with E-state index >= 15 is 0 Å². The Bertz CT molecular complexity index is 2300. The molecule has 0 N–H and O–H groups in total. The Labute approximate surface area is 303 Å². The van der Waals surface area contributed by atoms with Crippen LogP contribution in [0.1, 0.15) is 48.9 Å². The Morgan fingerprint density at radius 2 is 1.29 bits per heavy atom. The zero-order valence-electron chi connectivity index (χ0n) is 30.2. The Kier molecular flexibility index (Phi) is 10.1. The first-order valence-electron chi connectivity index (χ1n) is 18.1. The number of rotatable bonds is 10. The van der Waals surface area contributed by atoms with Crippen LogP contribution < -0.4 is 9.80 Å². The molecule has 0 aromatic heterocycles. The Hall–Kier alpha value is -5.86. The zero-order valence-corrected chi connectivity index (χ0v) is 30.2. The number of fused-ring (bicyclic) bond motifs is 3. The second-order valence-electron chi connectivity index (χ2n) is 13.3. The van der Waals surface area contributed by atoms with Crippen LogP contribution in [0.5, 0.6) is 0 Å². The molecule has 51 heavy (non-hydrogen) atoms. The topological polar surface area (TPSA) is 6.48 Å². The van der Waals surface area contributed by atoms with Gasteiger partial charge in [-0.25, -0.2) is 0 Å². The molecule has 2 nitrogen and oxygen atoms in total. The number of benzene rings is 6. The molecule has 252 valence electrons. The normalized spacial score (nSPS) is 13.6. The second kappa shape index (κ2) is 15.4. The van der Waals surface area contributed by atoms with Crippen molar-refractivity contribution >= 4 is 50.3 Å². The van der Waals surface area contributed by atoms with Crippen LogP contribution in [0.2, 0.25) is 0 Å². The number of anilines is 3. The van der Waals surface area contributed by atoms with E-state index in [1.807, 2.05) is 0 Å². The molecule has 0 amide bonds. The summed E-state index contributed by atoms with van der Waals surface area (Å²) in [5.74, 6) is 0. The van der Waals surface area contributed by atoms with Crippen molar-refractivity contribution in [1.82, 2.24) is 0 Å². The Morgan fingerprint density at radius 1 is 0.686 bits per heavy atom. The van der Waals surface area contributed by atoms with Crippen LogP contribution >= 0.6 is 0 Å². The molecule has 1 aliphatic carbocycles. The molecule has 1 aliphatic rings. The lowest BCUT2D eigenvalue weighted by molar-refractivity contribution is 0.896. The maximum Gasteiger partial charge on any atom is 0.0458 e. The third-order valence-electron chi connectivity index (χ3n) is 10.1. The van der Waals surface area contributed by atoms with Gasteiger partial charge < -0.3 is 9.80 Å². The van der Waals surface area contributed by atoms with E-state index in [4.69, 9.17) is 0 Å². The van der Waals surface area contributed by atoms with Crippen LogP contribution in [0.4, 0.5) is 17.1 Å². The lowest BCUT2D eigenvalue weighted by Gasteiger charge is -2.27. The fraction of sp³-hybridized carbons (Fsp3) is 0.143. The van der Waals surface area contributed by atoms with Gasteiger partial charge in [-0.3, -0.25) is 0 Å². The third-order valence-corrected chi connectivity index (χ3v) is 10.1. The van der Waals surface area contributed by atoms with Gasteiger partial charge >= 0.3 is 0 Å². The predicted octanol–water partition coefficient (Wildman–Crippen LogP) is 13.4. The lowest BCUT2D eigenvalue weighted by atomic mass is 9.92. The number of allylic oxidation sites excluding steroid dienone is 9. The quantitative estimate of drug-likeness (QED) is 0.106. The van der Waals surface area contributed by atoms with Gasteiger partial charge in [0.15, 0.2) is 0 Å². The highest BCUT2D eigenvalue weighted by atomic mass is 15.1. The van der Waals surface area contributed by atoms with Gasteiger partial charge in [-0.15, -0.1) is 0 Å². The molecule has 7 rings (SSSR count). The smallest absolute Gasteiger partial charge is 0.0458 e. The minimum atomic E-state index is 0.888. The van der Waals surface area contributed by atoms with Crippen molar-refractivity contribution in [3.8, 4) is 0 Å². The molecule has 0 radical (unpaired) electrons. The predicted molar refractivity (Wildman–Crippen MR) is 223 cm³/mol. The molecule has 0 unspecified atom stereocenters. The standard InChI is InChI=1S/C49H46N2/c1-5-39(18-16-17-38-27-31-42(32-28-38)50(4)41-19-8-6-9-20-41)40-29-33-44(34-30-40)51(43-21-10-7-11-22-43)36(2)35-49-37(3)45-23-12-13-24-46(45)47-25-14-15-26-48(47)49/h5-8,10-16,18-19,21-35H,9,17,20H2,1-4H3/b18-16-,36-35+,39-5+. The SMILES string of the molecule is C/C=C(\C=C/Cc1ccc(N(C)C2=CC=CCC2)cc1)c1ccc(N(/C(C)=C/c2c(C)c3ccccc3c3ccccc23)c2ccccc2)cc1. The first kappa shape index (κ1) is 33.6. The van der Waals surface area contributed by atoms with E-state index in [9.17, 15) is 0 Å². The lowest BCUT2D eigenvalue weighted by Crippen LogP contribution is -2.17. The monoisotopic (exact) mass is 662 g/mol. The molecule has 0 fully saturated rings. The summed E-state index contributed by atoms with van der Waals surface area (Å²) >= 11 is 0. The van der Waals surface area contributed by atoms with E-state index in [2.05, 4.69) is 208 Å². The maximum absolute atomic E-state index is 2.36. The molecule has 2 heteroatoms. The molecule has 0 aliphatic heterocycles. The Morgan fingerprint density at radius 3 is 1.96 bits per heavy atom. The van der Waals surface area contributed by atoms with Gasteiger partial charge in [0, 0.05) is 35.5 Å². The molecule has 0 saturated heterocycles. The van der Waals surface area contributed by atoms with Gasteiger partial charge in [-0.05, 0) is 138 Å². The molecule has 0 bridgehead atoms. The number of aryl methyl sites for hydroxylation is 1. The molecule has 0 saturated carbocycles. The van der Waals surface area contributed by atoms with Crippen molar-refractivity contribution in [1.29, 1.82) is 0 Å². The van der Waals surface area contributed by atoms with Gasteiger partial charge in [0.25, 0.3) is 0 Å². The van der Waals surface area contributed by atoms with Gasteiger partial charge in [-0.1, -0.05) is 121 Å². The minimum absolute atomic E-state index is 0.888. The van der Waals surface area contributed by atoms with E-state index in [1.54, 1.807) is 0 Å². The third kappa shape index (κ3) is 7.23. The fourth-order valence-corrected chi connectivity index (χ4v) is 7.31. The average molecular weight is 663 g/mol. The van der Waals surface area contributed by atoms with Crippen molar-refractivity contribution in [2.75, 3.05) is 16.8 Å². The average Bonchev–Trinajstić information content (AvgIpc) is 3.19. The largest absolute Gasteiger partial charge is 0.348 e. The van der Waals surface area contributed by atoms with Crippen LogP contribution in [0.15, 0.2) is 175 Å². The number of hydrogen-bond donors (Lipinski definition) is 0. The van der Waals surface area contributed by atoms with Crippen LogP contribution in [-0.4, -0.2) is 7.05 Å². The molecule has 6 aromatic carbocycles. The van der Waals surface area contributed by atoms with E-state index in [1.165, 1.54) is 60.8 Å². The van der Waals surface area contributed by atoms with Crippen molar-refractivity contribution in [3.63, 3.8) is 0 Å². The van der Waals surface area contributed by atoms with Crippen molar-refractivity contribution < 1.29 is 0 Å². The number of nitrogens with zero attached hydrogens (tertiary/aromatic N) is 2. The number of hydrogen-bond acceptors (Lipinski definition) is 2. The highest BCUT2D eigenvalue weighted by Crippen LogP contribution is 2.37. The van der Waals surface area contributed by atoms with E-state index in [0.29, 0.717) is 0 Å². The fourth-order valence-electron chi connectivity index (χ4n) is 7.31. The molecule has 0 atom stereocenters. The van der Waals surface area contributed by atoms with Crippen molar-refractivity contribution in [2.45, 2.75) is 40.0 Å². The van der Waals surface area contributed by atoms with Crippen LogP contribution in [-0.2, 0) is 6.42 Å². The van der Waals surface area contributed by atoms with Crippen molar-refractivity contribution in [2.24, 2.45) is 0 Å². The summed E-state index contributed by atoms with van der Waals surface area (Å²) < 4.78 is 0. The molecule has 0 heterocycles. The van der Waals surface area contributed by atoms with E-state index < -0.39 is 0 Å². The summed E-state index contributed by atoms with van der Waals surface area (Å²) in [5.41, 5.74) is 12.3. The summed E-state index contributed by atoms with van der Waals surface area (Å²) in [4.78, 5) is 4.66. The van der Waals surface area contributed by atoms with Crippen LogP contribution in [0.3, 0.4) is 0 Å². The Balaban J connectivity index is 1.13. The van der Waals surface area contributed by atoms with Gasteiger partial charge in [-0.2, -0.15) is 0 Å². The van der Waals surface area contributed by atoms with Crippen LogP contribution in [0, 0.1) is 6.92 Å². The van der Waals surface area contributed by atoms with E-state index in [-0.39, 0.29) is 0 Å². The molecule has 0 spiro atoms. The molecule has 6 aromatic rings. The van der Waals surface area contributed by atoms with Gasteiger partial charge in [0.1, 0.15) is 0 Å². The minimum Gasteiger partial charge on any atom is -0.348 e. The van der Waals surface area contributed by atoms with Crippen molar-refractivity contribution in [3.05, 3.63) is 197 Å². The van der Waals surface area contributed by atoms with Gasteiger partial charge in [0.05, 0.1) is 0 Å². The zero-order chi connectivity index (χ0) is 35.2.